The van der Waals surface area contributed by atoms with Gasteiger partial charge in [-0.25, -0.2) is 0 Å². The maximum Gasteiger partial charge on any atom is 0.260 e. The lowest BCUT2D eigenvalue weighted by molar-refractivity contribution is -0.134. The second kappa shape index (κ2) is 9.53. The Morgan fingerprint density at radius 3 is 2.44 bits per heavy atom. The predicted octanol–water partition coefficient (Wildman–Crippen LogP) is 4.04. The quantitative estimate of drug-likeness (QED) is 0.609. The number of hydrogen-bond acceptors (Lipinski definition) is 3. The van der Waals surface area contributed by atoms with Gasteiger partial charge in [-0.15, -0.1) is 0 Å². The molecule has 0 unspecified atom stereocenters. The summed E-state index contributed by atoms with van der Waals surface area (Å²) >= 11 is 0. The van der Waals surface area contributed by atoms with Crippen molar-refractivity contribution >= 4 is 5.91 Å². The Balaban J connectivity index is 1.66. The van der Waals surface area contributed by atoms with E-state index in [4.69, 9.17) is 4.74 Å². The number of ether oxygens (including phenoxy) is 1. The highest BCUT2D eigenvalue weighted by Gasteiger charge is 2.16. The number of pyridine rings is 1. The van der Waals surface area contributed by atoms with E-state index in [2.05, 4.69) is 17.1 Å². The number of benzene rings is 2. The van der Waals surface area contributed by atoms with Crippen molar-refractivity contribution in [3.8, 4) is 5.75 Å². The van der Waals surface area contributed by atoms with E-state index in [0.29, 0.717) is 13.1 Å². The Bertz CT molecular complexity index is 851. The number of nitrogens with zero attached hydrogens (tertiary/aromatic N) is 2. The summed E-state index contributed by atoms with van der Waals surface area (Å²) in [5.74, 6) is 0.700. The van der Waals surface area contributed by atoms with Crippen molar-refractivity contribution in [2.45, 2.75) is 19.9 Å². The van der Waals surface area contributed by atoms with Crippen LogP contribution in [0.15, 0.2) is 79.0 Å². The molecule has 4 heteroatoms. The molecule has 0 radical (unpaired) electrons. The Morgan fingerprint density at radius 1 is 0.963 bits per heavy atom. The lowest BCUT2D eigenvalue weighted by atomic mass is 10.1. The Labute approximate surface area is 160 Å². The first kappa shape index (κ1) is 18.6. The van der Waals surface area contributed by atoms with Crippen LogP contribution in [0.1, 0.15) is 16.8 Å². The minimum absolute atomic E-state index is 0.0203. The van der Waals surface area contributed by atoms with Crippen molar-refractivity contribution in [2.24, 2.45) is 0 Å². The zero-order valence-electron chi connectivity index (χ0n) is 15.5. The molecular formula is C23H24N2O2. The molecule has 1 amide bonds. The van der Waals surface area contributed by atoms with E-state index in [0.717, 1.165) is 23.4 Å². The number of amides is 1. The molecule has 0 N–H and O–H groups in total. The largest absolute Gasteiger partial charge is 0.484 e. The fourth-order valence-electron chi connectivity index (χ4n) is 2.84. The molecule has 2 aromatic carbocycles. The lowest BCUT2D eigenvalue weighted by Crippen LogP contribution is -2.36. The van der Waals surface area contributed by atoms with E-state index in [-0.39, 0.29) is 12.5 Å². The minimum Gasteiger partial charge on any atom is -0.484 e. The van der Waals surface area contributed by atoms with Gasteiger partial charge in [0.05, 0.1) is 12.2 Å². The van der Waals surface area contributed by atoms with Crippen LogP contribution in [0.2, 0.25) is 0 Å². The topological polar surface area (TPSA) is 42.4 Å². The average molecular weight is 360 g/mol. The summed E-state index contributed by atoms with van der Waals surface area (Å²) in [6, 6.07) is 23.7. The summed E-state index contributed by atoms with van der Waals surface area (Å²) in [6.45, 7) is 3.09. The van der Waals surface area contributed by atoms with Crippen LogP contribution in [-0.2, 0) is 17.8 Å². The van der Waals surface area contributed by atoms with E-state index in [9.17, 15) is 4.79 Å². The summed E-state index contributed by atoms with van der Waals surface area (Å²) in [4.78, 5) is 19.0. The monoisotopic (exact) mass is 360 g/mol. The second-order valence-corrected chi connectivity index (χ2v) is 6.43. The van der Waals surface area contributed by atoms with Crippen LogP contribution in [0.3, 0.4) is 0 Å². The van der Waals surface area contributed by atoms with Crippen LogP contribution >= 0.6 is 0 Å². The van der Waals surface area contributed by atoms with Crippen molar-refractivity contribution in [1.29, 1.82) is 0 Å². The van der Waals surface area contributed by atoms with Gasteiger partial charge in [-0.2, -0.15) is 0 Å². The molecule has 0 fully saturated rings. The van der Waals surface area contributed by atoms with E-state index in [1.807, 2.05) is 72.5 Å². The zero-order chi connectivity index (χ0) is 18.9. The molecule has 0 aliphatic carbocycles. The van der Waals surface area contributed by atoms with Crippen LogP contribution in [0.25, 0.3) is 0 Å². The van der Waals surface area contributed by atoms with Gasteiger partial charge in [-0.1, -0.05) is 54.6 Å². The summed E-state index contributed by atoms with van der Waals surface area (Å²) in [7, 11) is 0. The van der Waals surface area contributed by atoms with E-state index >= 15 is 0 Å². The van der Waals surface area contributed by atoms with Crippen LogP contribution in [-0.4, -0.2) is 28.9 Å². The molecule has 4 nitrogen and oxygen atoms in total. The average Bonchev–Trinajstić information content (AvgIpc) is 2.72. The van der Waals surface area contributed by atoms with Gasteiger partial charge < -0.3 is 9.64 Å². The molecule has 0 atom stereocenters. The van der Waals surface area contributed by atoms with Gasteiger partial charge in [0.2, 0.25) is 0 Å². The fraction of sp³-hybridized carbons (Fsp3) is 0.217. The van der Waals surface area contributed by atoms with Gasteiger partial charge in [0.1, 0.15) is 5.75 Å². The maximum atomic E-state index is 12.8. The summed E-state index contributed by atoms with van der Waals surface area (Å²) < 4.78 is 5.76. The van der Waals surface area contributed by atoms with Crippen molar-refractivity contribution in [3.63, 3.8) is 0 Å². The molecule has 0 saturated carbocycles. The highest BCUT2D eigenvalue weighted by Crippen LogP contribution is 2.16. The summed E-state index contributed by atoms with van der Waals surface area (Å²) in [6.07, 6.45) is 2.54. The maximum absolute atomic E-state index is 12.8. The number of para-hydroxylation sites is 1. The molecule has 0 saturated heterocycles. The van der Waals surface area contributed by atoms with E-state index < -0.39 is 0 Å². The molecule has 1 aromatic heterocycles. The first-order valence-corrected chi connectivity index (χ1v) is 9.12. The molecule has 138 valence electrons. The molecule has 0 bridgehead atoms. The molecule has 27 heavy (non-hydrogen) atoms. The third kappa shape index (κ3) is 5.68. The van der Waals surface area contributed by atoms with Gasteiger partial charge >= 0.3 is 0 Å². The highest BCUT2D eigenvalue weighted by atomic mass is 16.5. The fourth-order valence-corrected chi connectivity index (χ4v) is 2.84. The highest BCUT2D eigenvalue weighted by molar-refractivity contribution is 5.77. The van der Waals surface area contributed by atoms with Crippen LogP contribution in [0.4, 0.5) is 0 Å². The number of carbonyl (C=O) groups excluding carboxylic acids is 1. The van der Waals surface area contributed by atoms with E-state index in [1.165, 1.54) is 5.56 Å². The third-order valence-corrected chi connectivity index (χ3v) is 4.39. The first-order valence-electron chi connectivity index (χ1n) is 9.12. The Kier molecular flexibility index (Phi) is 6.58. The van der Waals surface area contributed by atoms with Gasteiger partial charge in [0.25, 0.3) is 5.91 Å². The summed E-state index contributed by atoms with van der Waals surface area (Å²) in [5.41, 5.74) is 3.09. The van der Waals surface area contributed by atoms with Gasteiger partial charge in [-0.3, -0.25) is 9.78 Å². The zero-order valence-corrected chi connectivity index (χ0v) is 15.5. The Morgan fingerprint density at radius 2 is 1.70 bits per heavy atom. The normalized spacial score (nSPS) is 10.4. The van der Waals surface area contributed by atoms with Crippen molar-refractivity contribution in [2.75, 3.05) is 13.2 Å². The van der Waals surface area contributed by atoms with Crippen LogP contribution < -0.4 is 4.74 Å². The molecule has 3 rings (SSSR count). The number of aromatic nitrogens is 1. The number of rotatable bonds is 8. The molecule has 3 aromatic rings. The van der Waals surface area contributed by atoms with Gasteiger partial charge in [0, 0.05) is 12.7 Å². The smallest absolute Gasteiger partial charge is 0.260 e. The SMILES string of the molecule is Cc1ccccc1OCC(=O)N(CCc1ccccc1)Cc1ccccn1. The predicted molar refractivity (Wildman–Crippen MR) is 106 cm³/mol. The van der Waals surface area contributed by atoms with Gasteiger partial charge in [-0.05, 0) is 42.7 Å². The van der Waals surface area contributed by atoms with Crippen molar-refractivity contribution in [1.82, 2.24) is 9.88 Å². The molecule has 0 aliphatic heterocycles. The lowest BCUT2D eigenvalue weighted by Gasteiger charge is -2.23. The van der Waals surface area contributed by atoms with Crippen LogP contribution in [0, 0.1) is 6.92 Å². The van der Waals surface area contributed by atoms with Crippen molar-refractivity contribution in [3.05, 3.63) is 95.8 Å². The molecule has 1 heterocycles. The minimum atomic E-state index is -0.0418. The first-order chi connectivity index (χ1) is 13.2. The molecule has 0 spiro atoms. The number of aryl methyl sites for hydroxylation is 1. The number of carbonyl (C=O) groups is 1. The van der Waals surface area contributed by atoms with Crippen molar-refractivity contribution < 1.29 is 9.53 Å². The van der Waals surface area contributed by atoms with Crippen LogP contribution in [0.5, 0.6) is 5.75 Å². The van der Waals surface area contributed by atoms with Gasteiger partial charge in [0.15, 0.2) is 6.61 Å². The molecule has 0 aliphatic rings. The Hall–Kier alpha value is -3.14. The second-order valence-electron chi connectivity index (χ2n) is 6.43. The number of hydrogen-bond donors (Lipinski definition) is 0. The van der Waals surface area contributed by atoms with E-state index in [1.54, 1.807) is 6.20 Å². The molecular weight excluding hydrogens is 336 g/mol. The standard InChI is InChI=1S/C23H24N2O2/c1-19-9-5-6-13-22(19)27-18-23(26)25(17-21-12-7-8-15-24-21)16-14-20-10-3-2-4-11-20/h2-13,15H,14,16-18H2,1H3. The third-order valence-electron chi connectivity index (χ3n) is 4.39. The summed E-state index contributed by atoms with van der Waals surface area (Å²) in [5, 5.41) is 0.